The molecule has 0 saturated carbocycles. The fourth-order valence-electron chi connectivity index (χ4n) is 8.08. The standard InChI is InChI=1S/C47H48N/c1-6-9-16-34-22-24-36(25-23-34)41-30-40(35-17-11-10-12-18-35)31-42(32-41)38-20-15-19-37(29-38)39-26-27-44-43(33-39)45-21-13-14-28-48(45)47(5,8-3)46(44,4)7-2/h10-15,17-33H,6-9,16H2,1-5H3/q+1. The molecule has 6 aromatic rings. The van der Waals surface area contributed by atoms with E-state index in [-0.39, 0.29) is 11.0 Å². The molecule has 0 aliphatic carbocycles. The van der Waals surface area contributed by atoms with E-state index < -0.39 is 0 Å². The molecule has 0 amide bonds. The van der Waals surface area contributed by atoms with Gasteiger partial charge in [0.05, 0.1) is 11.0 Å². The van der Waals surface area contributed by atoms with Crippen molar-refractivity contribution in [3.05, 3.63) is 151 Å². The van der Waals surface area contributed by atoms with E-state index in [1.807, 2.05) is 0 Å². The van der Waals surface area contributed by atoms with Crippen LogP contribution in [0.3, 0.4) is 0 Å². The number of benzene rings is 5. The lowest BCUT2D eigenvalue weighted by Gasteiger charge is -2.46. The van der Waals surface area contributed by atoms with Crippen LogP contribution in [0.5, 0.6) is 0 Å². The number of pyridine rings is 1. The number of hydrogen-bond donors (Lipinski definition) is 0. The van der Waals surface area contributed by atoms with Crippen molar-refractivity contribution in [3.8, 4) is 55.8 Å². The second-order valence-corrected chi connectivity index (χ2v) is 14.1. The lowest BCUT2D eigenvalue weighted by atomic mass is 9.60. The number of aromatic nitrogens is 1. The largest absolute Gasteiger partial charge is 0.213 e. The van der Waals surface area contributed by atoms with Gasteiger partial charge in [-0.05, 0) is 118 Å². The summed E-state index contributed by atoms with van der Waals surface area (Å²) >= 11 is 0. The maximum Gasteiger partial charge on any atom is 0.213 e. The average molecular weight is 627 g/mol. The molecule has 240 valence electrons. The third-order valence-electron chi connectivity index (χ3n) is 11.5. The molecule has 0 saturated heterocycles. The van der Waals surface area contributed by atoms with Gasteiger partial charge in [0.2, 0.25) is 5.69 Å². The normalized spacial score (nSPS) is 18.3. The summed E-state index contributed by atoms with van der Waals surface area (Å²) in [5, 5.41) is 0. The summed E-state index contributed by atoms with van der Waals surface area (Å²) in [4.78, 5) is 0. The van der Waals surface area contributed by atoms with Crippen molar-refractivity contribution in [2.75, 3.05) is 0 Å². The first kappa shape index (κ1) is 31.8. The minimum atomic E-state index is 0.00405. The molecule has 2 unspecified atom stereocenters. The highest BCUT2D eigenvalue weighted by atomic mass is 15.1. The second-order valence-electron chi connectivity index (χ2n) is 14.1. The zero-order chi connectivity index (χ0) is 33.3. The summed E-state index contributed by atoms with van der Waals surface area (Å²) < 4.78 is 2.55. The van der Waals surface area contributed by atoms with Crippen LogP contribution < -0.4 is 4.57 Å². The first-order valence-electron chi connectivity index (χ1n) is 17.9. The predicted molar refractivity (Wildman–Crippen MR) is 204 cm³/mol. The molecule has 2 heterocycles. The van der Waals surface area contributed by atoms with Crippen LogP contribution in [0.1, 0.15) is 71.4 Å². The highest BCUT2D eigenvalue weighted by molar-refractivity contribution is 5.83. The van der Waals surface area contributed by atoms with Gasteiger partial charge in [0, 0.05) is 25.5 Å². The molecule has 7 rings (SSSR count). The van der Waals surface area contributed by atoms with Crippen LogP contribution in [0.15, 0.2) is 140 Å². The number of unbranched alkanes of at least 4 members (excludes halogenated alkanes) is 1. The molecular weight excluding hydrogens is 579 g/mol. The molecule has 48 heavy (non-hydrogen) atoms. The van der Waals surface area contributed by atoms with Crippen molar-refractivity contribution in [1.29, 1.82) is 0 Å². The Labute approximate surface area is 288 Å². The first-order valence-corrected chi connectivity index (χ1v) is 17.9. The zero-order valence-electron chi connectivity index (χ0n) is 29.3. The zero-order valence-corrected chi connectivity index (χ0v) is 29.3. The maximum atomic E-state index is 2.55. The van der Waals surface area contributed by atoms with Gasteiger partial charge in [-0.15, -0.1) is 0 Å². The summed E-state index contributed by atoms with van der Waals surface area (Å²) in [6, 6.07) is 50.0. The van der Waals surface area contributed by atoms with Gasteiger partial charge in [-0.1, -0.05) is 112 Å². The molecule has 0 radical (unpaired) electrons. The van der Waals surface area contributed by atoms with Crippen LogP contribution in [0, 0.1) is 0 Å². The SMILES string of the molecule is CCCCc1ccc(-c2cc(-c3ccccc3)cc(-c3cccc(-c4ccc5c(c4)-c4cccc[n+]4C(C)(CC)C5(C)CC)c3)c2)cc1. The van der Waals surface area contributed by atoms with Gasteiger partial charge in [0.1, 0.15) is 0 Å². The molecular formula is C47H48N+. The Morgan fingerprint density at radius 3 is 1.73 bits per heavy atom. The number of fused-ring (bicyclic) bond motifs is 3. The highest BCUT2D eigenvalue weighted by Crippen LogP contribution is 2.50. The molecule has 2 atom stereocenters. The van der Waals surface area contributed by atoms with E-state index in [1.165, 1.54) is 79.7 Å². The van der Waals surface area contributed by atoms with E-state index in [0.29, 0.717) is 0 Å². The Balaban J connectivity index is 1.32. The molecule has 5 aromatic carbocycles. The molecule has 1 aliphatic rings. The maximum absolute atomic E-state index is 2.55. The van der Waals surface area contributed by atoms with Gasteiger partial charge < -0.3 is 0 Å². The number of aryl methyl sites for hydroxylation is 1. The Hall–Kier alpha value is -4.75. The summed E-state index contributed by atoms with van der Waals surface area (Å²) in [7, 11) is 0. The Morgan fingerprint density at radius 1 is 0.500 bits per heavy atom. The van der Waals surface area contributed by atoms with Crippen molar-refractivity contribution >= 4 is 0 Å². The molecule has 0 spiro atoms. The van der Waals surface area contributed by atoms with Crippen molar-refractivity contribution in [2.45, 2.75) is 77.7 Å². The lowest BCUT2D eigenvalue weighted by molar-refractivity contribution is -0.765. The fourth-order valence-corrected chi connectivity index (χ4v) is 8.08. The lowest BCUT2D eigenvalue weighted by Crippen LogP contribution is -2.67. The van der Waals surface area contributed by atoms with Crippen LogP contribution >= 0.6 is 0 Å². The average Bonchev–Trinajstić information content (AvgIpc) is 3.16. The summed E-state index contributed by atoms with van der Waals surface area (Å²) in [6.07, 6.45) is 8.05. The van der Waals surface area contributed by atoms with E-state index in [9.17, 15) is 0 Å². The summed E-state index contributed by atoms with van der Waals surface area (Å²) in [6.45, 7) is 11.9. The van der Waals surface area contributed by atoms with Gasteiger partial charge in [-0.3, -0.25) is 0 Å². The van der Waals surface area contributed by atoms with Crippen LogP contribution in [0.2, 0.25) is 0 Å². The molecule has 0 fully saturated rings. The fraction of sp³-hybridized carbons (Fsp3) is 0.255. The van der Waals surface area contributed by atoms with Gasteiger partial charge in [0.25, 0.3) is 0 Å². The molecule has 0 N–H and O–H groups in total. The molecule has 1 aliphatic heterocycles. The quantitative estimate of drug-likeness (QED) is 0.141. The van der Waals surface area contributed by atoms with E-state index in [4.69, 9.17) is 0 Å². The van der Waals surface area contributed by atoms with Crippen molar-refractivity contribution in [3.63, 3.8) is 0 Å². The van der Waals surface area contributed by atoms with Crippen molar-refractivity contribution in [2.24, 2.45) is 0 Å². The van der Waals surface area contributed by atoms with Gasteiger partial charge in [-0.25, -0.2) is 0 Å². The molecule has 1 aromatic heterocycles. The van der Waals surface area contributed by atoms with E-state index in [1.54, 1.807) is 0 Å². The van der Waals surface area contributed by atoms with Gasteiger partial charge in [0.15, 0.2) is 11.7 Å². The number of hydrogen-bond acceptors (Lipinski definition) is 0. The Bertz CT molecular complexity index is 2050. The van der Waals surface area contributed by atoms with Crippen LogP contribution in [0.4, 0.5) is 0 Å². The highest BCUT2D eigenvalue weighted by Gasteiger charge is 2.56. The topological polar surface area (TPSA) is 3.88 Å². The van der Waals surface area contributed by atoms with E-state index >= 15 is 0 Å². The van der Waals surface area contributed by atoms with Crippen molar-refractivity contribution < 1.29 is 4.57 Å². The monoisotopic (exact) mass is 626 g/mol. The predicted octanol–water partition coefficient (Wildman–Crippen LogP) is 12.5. The van der Waals surface area contributed by atoms with Gasteiger partial charge in [-0.2, -0.15) is 4.57 Å². The smallest absolute Gasteiger partial charge is 0.192 e. The number of nitrogens with zero attached hydrogens (tertiary/aromatic N) is 1. The summed E-state index contributed by atoms with van der Waals surface area (Å²) in [5.74, 6) is 0. The van der Waals surface area contributed by atoms with Crippen molar-refractivity contribution in [1.82, 2.24) is 0 Å². The summed E-state index contributed by atoms with van der Waals surface area (Å²) in [5.41, 5.74) is 15.5. The second kappa shape index (κ2) is 13.0. The minimum absolute atomic E-state index is 0.00405. The van der Waals surface area contributed by atoms with Crippen LogP contribution in [-0.4, -0.2) is 0 Å². The van der Waals surface area contributed by atoms with Crippen LogP contribution in [-0.2, 0) is 17.4 Å². The first-order chi connectivity index (χ1) is 23.4. The Morgan fingerprint density at radius 2 is 1.06 bits per heavy atom. The number of rotatable bonds is 9. The third kappa shape index (κ3) is 5.50. The van der Waals surface area contributed by atoms with Gasteiger partial charge >= 0.3 is 0 Å². The van der Waals surface area contributed by atoms with E-state index in [2.05, 4.69) is 179 Å². The van der Waals surface area contributed by atoms with Crippen LogP contribution in [0.25, 0.3) is 55.8 Å². The Kier molecular flexibility index (Phi) is 8.65. The molecule has 1 heteroatoms. The minimum Gasteiger partial charge on any atom is -0.192 e. The van der Waals surface area contributed by atoms with E-state index in [0.717, 1.165) is 19.3 Å². The molecule has 0 bridgehead atoms. The molecule has 1 nitrogen and oxygen atoms in total. The third-order valence-corrected chi connectivity index (χ3v) is 11.5.